The molecule has 9 aromatic rings. The van der Waals surface area contributed by atoms with Crippen molar-refractivity contribution in [1.82, 2.24) is 0 Å². The first-order valence-electron chi connectivity index (χ1n) is 48.6. The molecule has 0 aromatic heterocycles. The van der Waals surface area contributed by atoms with E-state index in [2.05, 4.69) is 264 Å². The minimum atomic E-state index is -0.766. The van der Waals surface area contributed by atoms with Gasteiger partial charge in [-0.3, -0.25) is 0 Å². The van der Waals surface area contributed by atoms with E-state index in [0.717, 1.165) is 116 Å². The van der Waals surface area contributed by atoms with Crippen molar-refractivity contribution in [2.45, 2.75) is 140 Å². The molecule has 0 amide bonds. The number of nitriles is 3. The Morgan fingerprint density at radius 1 is 0.361 bits per heavy atom. The summed E-state index contributed by atoms with van der Waals surface area (Å²) in [5, 5.41) is 28.9. The molecule has 4 aliphatic rings. The van der Waals surface area contributed by atoms with Crippen LogP contribution in [0, 0.1) is 102 Å². The van der Waals surface area contributed by atoms with Crippen molar-refractivity contribution in [3.05, 3.63) is 400 Å². The number of benzene rings is 9. The lowest BCUT2D eigenvalue weighted by Gasteiger charge is -2.33. The number of ether oxygens (including phenoxy) is 8. The quantitative estimate of drug-likeness (QED) is 0.0152. The minimum absolute atomic E-state index is 0.0263. The van der Waals surface area contributed by atoms with E-state index in [1.807, 2.05) is 102 Å². The van der Waals surface area contributed by atoms with Gasteiger partial charge >= 0.3 is 17.8 Å². The van der Waals surface area contributed by atoms with E-state index in [9.17, 15) is 25.4 Å². The highest BCUT2D eigenvalue weighted by molar-refractivity contribution is 5.94. The van der Waals surface area contributed by atoms with Gasteiger partial charge in [0.05, 0.1) is 68.7 Å². The monoisotopic (exact) mass is 1920 g/mol. The van der Waals surface area contributed by atoms with Crippen molar-refractivity contribution in [3.8, 4) is 64.2 Å². The highest BCUT2D eigenvalue weighted by Crippen LogP contribution is 2.45. The van der Waals surface area contributed by atoms with Gasteiger partial charge in [0, 0.05) is 81.1 Å². The number of hydrogen-bond donors (Lipinski definition) is 0. The summed E-state index contributed by atoms with van der Waals surface area (Å²) in [7, 11) is 8.06. The maximum atomic E-state index is 14.9. The second kappa shape index (κ2) is 48.6. The van der Waals surface area contributed by atoms with Crippen LogP contribution in [0.25, 0.3) is 43.7 Å². The summed E-state index contributed by atoms with van der Waals surface area (Å²) in [6.07, 6.45) is 31.9. The standard InChI is InChI=1S/C123H125N11O10/c1-85-19-45-107(46-20-85)143-118(135)98-57-86(2)58-114(69-98)144-119(136)99-67-112(141-83-96-63-108(137-53-49-131(15)103-37-29-87(30-38-103)21-25-91-59-95(47-48-124)77-120(3,4)73-91)70-109(64-96)138-54-50-132(16)104-39-31-88(32-40-104)22-26-92-60-100(115(81-125)127-11)78-121(5,6)74-92)72-113(68-99)142-84-97-65-110(139-55-51-133(17)105-41-33-89(34-42-105)23-27-93-61-101(116(82-126)128-12)79-122(7,8)75-93)71-111(66-97)140-56-52-134(18)106-43-35-90(36-44-106)24-28-94-62-102(117(129-13)130-14)80-123(9,10)76-94/h19-46,57-72,95H,47,49-56,73-80,83-84H2,1-10,15-18H3/b25-21+,26-22+,27-23+,28-24+,115-100-,116-101-. The van der Waals surface area contributed by atoms with Crippen LogP contribution in [0.3, 0.4) is 0 Å². The lowest BCUT2D eigenvalue weighted by Crippen LogP contribution is -2.24. The van der Waals surface area contributed by atoms with Crippen LogP contribution in [0.4, 0.5) is 22.7 Å². The molecule has 1 atom stereocenters. The summed E-state index contributed by atoms with van der Waals surface area (Å²) in [5.41, 5.74) is 18.1. The molecular formula is C123H125N11O10. The first-order chi connectivity index (χ1) is 69.0. The molecule has 0 saturated carbocycles. The molecule has 21 nitrogen and oxygen atoms in total. The Labute approximate surface area is 849 Å². The predicted molar refractivity (Wildman–Crippen MR) is 574 cm³/mol. The Balaban J connectivity index is 0.759. The Hall–Kier alpha value is -16.5. The molecular weight excluding hydrogens is 1790 g/mol. The van der Waals surface area contributed by atoms with Crippen molar-refractivity contribution < 1.29 is 47.5 Å². The highest BCUT2D eigenvalue weighted by atomic mass is 16.5. The lowest BCUT2D eigenvalue weighted by molar-refractivity contribution is 0.0714. The molecule has 0 N–H and O–H groups in total. The van der Waals surface area contributed by atoms with Crippen LogP contribution in [-0.4, -0.2) is 92.7 Å². The number of hydrogen-bond acceptors (Lipinski definition) is 17. The van der Waals surface area contributed by atoms with Crippen molar-refractivity contribution in [2.24, 2.45) is 27.6 Å². The molecule has 0 bridgehead atoms. The van der Waals surface area contributed by atoms with E-state index in [1.165, 1.54) is 11.6 Å². The van der Waals surface area contributed by atoms with Crippen molar-refractivity contribution in [2.75, 3.05) is 100 Å². The molecule has 0 aliphatic heterocycles. The summed E-state index contributed by atoms with van der Waals surface area (Å²) in [4.78, 5) is 51.2. The zero-order chi connectivity index (χ0) is 103. The first kappa shape index (κ1) is 105. The van der Waals surface area contributed by atoms with Gasteiger partial charge in [-0.2, -0.15) is 15.0 Å². The highest BCUT2D eigenvalue weighted by Gasteiger charge is 2.33. The average Bonchev–Trinajstić information content (AvgIpc) is 0.821. The fourth-order valence-corrected chi connectivity index (χ4v) is 18.5. The number of likely N-dealkylation sites (N-methyl/N-ethyl adjacent to an activating group) is 4. The van der Waals surface area contributed by atoms with Crippen LogP contribution >= 0.6 is 0 Å². The van der Waals surface area contributed by atoms with Crippen LogP contribution in [-0.2, 0) is 13.2 Å². The third-order valence-electron chi connectivity index (χ3n) is 25.6. The third kappa shape index (κ3) is 31.0. The molecule has 0 heterocycles. The fourth-order valence-electron chi connectivity index (χ4n) is 18.5. The van der Waals surface area contributed by atoms with Gasteiger partial charge in [0.2, 0.25) is 0 Å². The van der Waals surface area contributed by atoms with E-state index >= 15 is 0 Å². The van der Waals surface area contributed by atoms with Gasteiger partial charge in [0.15, 0.2) is 0 Å². The van der Waals surface area contributed by atoms with Gasteiger partial charge in [-0.05, 0) is 275 Å². The fraction of sp³-hybridized carbons (Fsp3) is 0.309. The number of carbonyl (C=O) groups excluding carboxylic acids is 2. The van der Waals surface area contributed by atoms with Crippen LogP contribution in [0.5, 0.6) is 46.0 Å². The number of nitrogens with zero attached hydrogens (tertiary/aromatic N) is 11. The molecule has 9 aromatic carbocycles. The molecule has 1 unspecified atom stereocenters. The van der Waals surface area contributed by atoms with Crippen LogP contribution in [0.15, 0.2) is 299 Å². The molecule has 144 heavy (non-hydrogen) atoms. The van der Waals surface area contributed by atoms with Crippen LogP contribution in [0.1, 0.15) is 178 Å². The third-order valence-corrected chi connectivity index (χ3v) is 25.6. The van der Waals surface area contributed by atoms with Crippen molar-refractivity contribution in [3.63, 3.8) is 0 Å². The summed E-state index contributed by atoms with van der Waals surface area (Å²) in [6.45, 7) is 54.8. The largest absolute Gasteiger partial charge is 0.522 e. The smallest absolute Gasteiger partial charge is 0.492 e. The SMILES string of the molecule is [C-]#[N+]C([N+]#[C-])=C1C=C(/C=C/c2ccc(N(C)CCOc3cc(COc4cc(OCc5cc(OCCN(C)c6ccc(/C=C/C7=CC(=C(\C#N)[N+]#[C-])/CC(C)(C)C7)cc6)cc(OCCN(C)c6ccc(/C=C/C7=CC(CC#N)CC(C)(C)C7)cc6)c5)cc(C(=O)Oc5cc(C)cc(C(=O)Oc6ccc(C)cc6)c5)c4)cc(OCCN(C)c4ccc(/C=C/C5=CC(=C(\C#N)[N+]#[C-])/CC(C)(C)C5)cc4)c3)cc2)CC(C)(C)C1. The maximum Gasteiger partial charge on any atom is 0.522 e. The van der Waals surface area contributed by atoms with Gasteiger partial charge in [-0.15, -0.1) is 0 Å². The molecule has 0 spiro atoms. The second-order valence-electron chi connectivity index (χ2n) is 40.7. The van der Waals surface area contributed by atoms with Gasteiger partial charge in [0.1, 0.15) is 98.8 Å². The maximum absolute atomic E-state index is 14.9. The van der Waals surface area contributed by atoms with Crippen LogP contribution < -0.4 is 57.5 Å². The minimum Gasteiger partial charge on any atom is -0.492 e. The normalized spacial score (nSPS) is 16.2. The predicted octanol–water partition coefficient (Wildman–Crippen LogP) is 28.0. The van der Waals surface area contributed by atoms with Gasteiger partial charge in [-0.25, -0.2) is 29.8 Å². The number of rotatable bonds is 39. The number of esters is 2. The Kier molecular flexibility index (Phi) is 35.4. The van der Waals surface area contributed by atoms with Gasteiger partial charge in [0.25, 0.3) is 11.4 Å². The summed E-state index contributed by atoms with van der Waals surface area (Å²) < 4.78 is 52.1. The molecule has 13 rings (SSSR count). The first-order valence-corrected chi connectivity index (χ1v) is 48.6. The number of aryl methyl sites for hydroxylation is 2. The van der Waals surface area contributed by atoms with E-state index in [4.69, 9.17) is 64.2 Å². The van der Waals surface area contributed by atoms with E-state index < -0.39 is 11.9 Å². The molecule has 4 aliphatic carbocycles. The summed E-state index contributed by atoms with van der Waals surface area (Å²) in [5.74, 6) is 2.06. The molecule has 0 radical (unpaired) electrons. The van der Waals surface area contributed by atoms with Crippen molar-refractivity contribution in [1.29, 1.82) is 15.8 Å². The van der Waals surface area contributed by atoms with Gasteiger partial charge < -0.3 is 57.5 Å². The van der Waals surface area contributed by atoms with Crippen LogP contribution in [0.2, 0.25) is 0 Å². The molecule has 732 valence electrons. The van der Waals surface area contributed by atoms with Gasteiger partial charge in [-0.1, -0.05) is 200 Å². The summed E-state index contributed by atoms with van der Waals surface area (Å²) >= 11 is 0. The number of carbonyl (C=O) groups is 2. The Morgan fingerprint density at radius 2 is 0.688 bits per heavy atom. The molecule has 0 saturated heterocycles. The molecule has 21 heteroatoms. The average molecular weight is 1920 g/mol. The van der Waals surface area contributed by atoms with E-state index in [1.54, 1.807) is 49.4 Å². The van der Waals surface area contributed by atoms with Crippen molar-refractivity contribution >= 4 is 59.0 Å². The zero-order valence-corrected chi connectivity index (χ0v) is 84.9. The lowest BCUT2D eigenvalue weighted by atomic mass is 9.72. The zero-order valence-electron chi connectivity index (χ0n) is 84.9. The Morgan fingerprint density at radius 3 is 1.04 bits per heavy atom. The number of anilines is 4. The van der Waals surface area contributed by atoms with E-state index in [0.29, 0.717) is 111 Å². The molecule has 0 fully saturated rings. The second-order valence-corrected chi connectivity index (χ2v) is 40.7. The Bertz CT molecular complexity index is 6660. The topological polar surface area (TPSA) is 210 Å². The van der Waals surface area contributed by atoms with E-state index in [-0.39, 0.29) is 99.6 Å². The summed E-state index contributed by atoms with van der Waals surface area (Å²) in [6, 6.07) is 67.9. The number of allylic oxidation sites excluding steroid dienone is 17.